The lowest BCUT2D eigenvalue weighted by molar-refractivity contribution is -0.123. The van der Waals surface area contributed by atoms with Crippen molar-refractivity contribution in [1.82, 2.24) is 5.32 Å². The molecule has 0 unspecified atom stereocenters. The summed E-state index contributed by atoms with van der Waals surface area (Å²) in [6, 6.07) is 12.6. The fourth-order valence-electron chi connectivity index (χ4n) is 3.09. The highest BCUT2D eigenvalue weighted by atomic mass is 79.9. The lowest BCUT2D eigenvalue weighted by Crippen LogP contribution is -2.44. The van der Waals surface area contributed by atoms with Crippen molar-refractivity contribution < 1.29 is 23.8 Å². The van der Waals surface area contributed by atoms with Gasteiger partial charge in [-0.3, -0.25) is 14.5 Å². The number of hydrogen-bond acceptors (Lipinski definition) is 5. The zero-order valence-electron chi connectivity index (χ0n) is 17.5. The molecule has 0 atom stereocenters. The SMILES string of the molecule is CCOCCCNC(=O)CN1C(=O)C(=Cc2ccc(OC)c(Br)c2)Oc2ccccc21. The molecule has 2 aromatic carbocycles. The summed E-state index contributed by atoms with van der Waals surface area (Å²) >= 11 is 3.45. The molecule has 1 aliphatic heterocycles. The first kappa shape index (κ1) is 22.8. The molecule has 0 fully saturated rings. The van der Waals surface area contributed by atoms with Crippen LogP contribution in [0.3, 0.4) is 0 Å². The molecule has 0 aromatic heterocycles. The molecule has 2 amide bonds. The maximum Gasteiger partial charge on any atom is 0.294 e. The van der Waals surface area contributed by atoms with Crippen molar-refractivity contribution in [2.75, 3.05) is 38.3 Å². The van der Waals surface area contributed by atoms with Crippen LogP contribution in [0.25, 0.3) is 6.08 Å². The van der Waals surface area contributed by atoms with Crippen molar-refractivity contribution in [1.29, 1.82) is 0 Å². The van der Waals surface area contributed by atoms with Crippen LogP contribution in [-0.4, -0.2) is 45.2 Å². The Labute approximate surface area is 190 Å². The van der Waals surface area contributed by atoms with Gasteiger partial charge in [-0.1, -0.05) is 18.2 Å². The minimum atomic E-state index is -0.380. The Kier molecular flexibility index (Phi) is 8.08. The van der Waals surface area contributed by atoms with Crippen LogP contribution >= 0.6 is 15.9 Å². The van der Waals surface area contributed by atoms with E-state index in [1.807, 2.05) is 25.1 Å². The van der Waals surface area contributed by atoms with E-state index in [2.05, 4.69) is 21.2 Å². The molecule has 3 rings (SSSR count). The molecule has 0 saturated carbocycles. The molecule has 0 saturated heterocycles. The summed E-state index contributed by atoms with van der Waals surface area (Å²) in [4.78, 5) is 27.0. The lowest BCUT2D eigenvalue weighted by Gasteiger charge is -2.30. The zero-order valence-corrected chi connectivity index (χ0v) is 19.1. The fraction of sp³-hybridized carbons (Fsp3) is 0.304. The molecule has 164 valence electrons. The van der Waals surface area contributed by atoms with Crippen LogP contribution in [0.5, 0.6) is 11.5 Å². The second-order valence-corrected chi connectivity index (χ2v) is 7.62. The van der Waals surface area contributed by atoms with E-state index in [0.717, 1.165) is 10.0 Å². The summed E-state index contributed by atoms with van der Waals surface area (Å²) < 4.78 is 17.1. The summed E-state index contributed by atoms with van der Waals surface area (Å²) in [6.07, 6.45) is 2.36. The van der Waals surface area contributed by atoms with Gasteiger partial charge in [0.05, 0.1) is 17.3 Å². The summed E-state index contributed by atoms with van der Waals surface area (Å²) in [5, 5.41) is 2.83. The molecular weight excluding hydrogens is 464 g/mol. The van der Waals surface area contributed by atoms with Gasteiger partial charge in [-0.15, -0.1) is 0 Å². The van der Waals surface area contributed by atoms with Crippen molar-refractivity contribution in [3.63, 3.8) is 0 Å². The van der Waals surface area contributed by atoms with Gasteiger partial charge in [0.25, 0.3) is 5.91 Å². The number of benzene rings is 2. The Morgan fingerprint density at radius 1 is 1.26 bits per heavy atom. The number of nitrogens with one attached hydrogen (secondary N) is 1. The first-order chi connectivity index (χ1) is 15.0. The van der Waals surface area contributed by atoms with Gasteiger partial charge in [0.15, 0.2) is 11.5 Å². The first-order valence-electron chi connectivity index (χ1n) is 10.0. The van der Waals surface area contributed by atoms with Crippen LogP contribution in [-0.2, 0) is 14.3 Å². The third kappa shape index (κ3) is 5.86. The molecule has 1 N–H and O–H groups in total. The molecule has 0 bridgehead atoms. The van der Waals surface area contributed by atoms with Gasteiger partial charge < -0.3 is 19.5 Å². The van der Waals surface area contributed by atoms with Crippen molar-refractivity contribution in [2.24, 2.45) is 0 Å². The van der Waals surface area contributed by atoms with E-state index in [1.54, 1.807) is 37.5 Å². The molecule has 2 aromatic rings. The van der Waals surface area contributed by atoms with E-state index >= 15 is 0 Å². The van der Waals surface area contributed by atoms with Gasteiger partial charge in [-0.25, -0.2) is 0 Å². The molecule has 7 nitrogen and oxygen atoms in total. The number of methoxy groups -OCH3 is 1. The number of halogens is 1. The number of fused-ring (bicyclic) bond motifs is 1. The van der Waals surface area contributed by atoms with Crippen LogP contribution in [0.1, 0.15) is 18.9 Å². The Morgan fingerprint density at radius 2 is 2.06 bits per heavy atom. The topological polar surface area (TPSA) is 77.1 Å². The molecular formula is C23H25BrN2O5. The summed E-state index contributed by atoms with van der Waals surface area (Å²) in [5.41, 5.74) is 1.32. The van der Waals surface area contributed by atoms with Crippen molar-refractivity contribution in [3.05, 3.63) is 58.3 Å². The smallest absolute Gasteiger partial charge is 0.294 e. The molecule has 0 radical (unpaired) electrons. The van der Waals surface area contributed by atoms with Crippen LogP contribution in [0, 0.1) is 0 Å². The quantitative estimate of drug-likeness (QED) is 0.429. The average Bonchev–Trinajstić information content (AvgIpc) is 2.76. The highest BCUT2D eigenvalue weighted by molar-refractivity contribution is 9.10. The number of hydrogen-bond donors (Lipinski definition) is 1. The Bertz CT molecular complexity index is 976. The molecule has 0 spiro atoms. The van der Waals surface area contributed by atoms with E-state index in [9.17, 15) is 9.59 Å². The third-order valence-corrected chi connectivity index (χ3v) is 5.22. The van der Waals surface area contributed by atoms with Crippen molar-refractivity contribution in [2.45, 2.75) is 13.3 Å². The monoisotopic (exact) mass is 488 g/mol. The number of nitrogens with zero attached hydrogens (tertiary/aromatic N) is 1. The normalized spacial score (nSPS) is 14.2. The number of ether oxygens (including phenoxy) is 3. The van der Waals surface area contributed by atoms with Gasteiger partial charge in [0.1, 0.15) is 12.3 Å². The third-order valence-electron chi connectivity index (χ3n) is 4.60. The predicted molar refractivity (Wildman–Crippen MR) is 122 cm³/mol. The molecule has 0 aliphatic carbocycles. The van der Waals surface area contributed by atoms with E-state index < -0.39 is 0 Å². The standard InChI is InChI=1S/C23H25BrN2O5/c1-3-30-12-6-11-25-22(27)15-26-18-7-4-5-8-20(18)31-21(23(26)28)14-16-9-10-19(29-2)17(24)13-16/h4-5,7-10,13-14H,3,6,11-12,15H2,1-2H3,(H,25,27). The maximum absolute atomic E-state index is 13.1. The van der Waals surface area contributed by atoms with Crippen LogP contribution < -0.4 is 19.7 Å². The van der Waals surface area contributed by atoms with Crippen LogP contribution in [0.15, 0.2) is 52.7 Å². The minimum Gasteiger partial charge on any atom is -0.496 e. The van der Waals surface area contributed by atoms with Gasteiger partial charge >= 0.3 is 0 Å². The zero-order chi connectivity index (χ0) is 22.2. The number of anilines is 1. The number of rotatable bonds is 9. The van der Waals surface area contributed by atoms with Gasteiger partial charge in [0.2, 0.25) is 5.91 Å². The fourth-order valence-corrected chi connectivity index (χ4v) is 3.65. The van der Waals surface area contributed by atoms with Crippen molar-refractivity contribution >= 4 is 39.5 Å². The first-order valence-corrected chi connectivity index (χ1v) is 10.8. The highest BCUT2D eigenvalue weighted by Gasteiger charge is 2.31. The number of para-hydroxylation sites is 2. The van der Waals surface area contributed by atoms with Gasteiger partial charge in [-0.05, 0) is 65.2 Å². The van der Waals surface area contributed by atoms with E-state index in [0.29, 0.717) is 43.4 Å². The summed E-state index contributed by atoms with van der Waals surface area (Å²) in [5.74, 6) is 0.721. The van der Waals surface area contributed by atoms with E-state index in [-0.39, 0.29) is 24.1 Å². The van der Waals surface area contributed by atoms with E-state index in [4.69, 9.17) is 14.2 Å². The Hall–Kier alpha value is -2.84. The van der Waals surface area contributed by atoms with Crippen LogP contribution in [0.4, 0.5) is 5.69 Å². The number of amides is 2. The minimum absolute atomic E-state index is 0.0997. The second-order valence-electron chi connectivity index (χ2n) is 6.76. The molecule has 31 heavy (non-hydrogen) atoms. The largest absolute Gasteiger partial charge is 0.496 e. The maximum atomic E-state index is 13.1. The van der Waals surface area contributed by atoms with E-state index in [1.165, 1.54) is 4.90 Å². The summed E-state index contributed by atoms with van der Waals surface area (Å²) in [7, 11) is 1.59. The number of carbonyl (C=O) groups is 2. The molecule has 1 heterocycles. The lowest BCUT2D eigenvalue weighted by atomic mass is 10.1. The van der Waals surface area contributed by atoms with Crippen molar-refractivity contribution in [3.8, 4) is 11.5 Å². The Balaban J connectivity index is 1.78. The average molecular weight is 489 g/mol. The Morgan fingerprint density at radius 3 is 2.81 bits per heavy atom. The highest BCUT2D eigenvalue weighted by Crippen LogP contribution is 2.36. The van der Waals surface area contributed by atoms with Crippen LogP contribution in [0.2, 0.25) is 0 Å². The second kappa shape index (κ2) is 11.0. The predicted octanol–water partition coefficient (Wildman–Crippen LogP) is 3.77. The number of carbonyl (C=O) groups excluding carboxylic acids is 2. The summed E-state index contributed by atoms with van der Waals surface area (Å²) in [6.45, 7) is 3.54. The molecule has 1 aliphatic rings. The van der Waals surface area contributed by atoms with Gasteiger partial charge in [-0.2, -0.15) is 0 Å². The molecule has 8 heteroatoms. The van der Waals surface area contributed by atoms with Gasteiger partial charge in [0, 0.05) is 19.8 Å².